The van der Waals surface area contributed by atoms with Gasteiger partial charge < -0.3 is 24.6 Å². The summed E-state index contributed by atoms with van der Waals surface area (Å²) in [6.45, 7) is 7.43. The fourth-order valence-corrected chi connectivity index (χ4v) is 5.83. The van der Waals surface area contributed by atoms with Crippen molar-refractivity contribution in [1.29, 1.82) is 0 Å². The number of amides is 1. The number of carbonyl (C=O) groups is 1. The normalized spacial score (nSPS) is 30.2. The molecule has 0 radical (unpaired) electrons. The zero-order valence-electron chi connectivity index (χ0n) is 20.8. The first kappa shape index (κ1) is 26.2. The Morgan fingerprint density at radius 2 is 1.97 bits per heavy atom. The van der Waals surface area contributed by atoms with E-state index in [0.717, 1.165) is 31.7 Å². The summed E-state index contributed by atoms with van der Waals surface area (Å²) >= 11 is 0. The second-order valence-corrected chi connectivity index (χ2v) is 10.3. The molecule has 0 aromatic carbocycles. The Balaban J connectivity index is 1.38. The van der Waals surface area contributed by atoms with Crippen LogP contribution in [-0.2, 0) is 20.4 Å². The molecule has 0 spiro atoms. The molecule has 7 nitrogen and oxygen atoms in total. The van der Waals surface area contributed by atoms with Crippen molar-refractivity contribution in [2.75, 3.05) is 51.4 Å². The summed E-state index contributed by atoms with van der Waals surface area (Å²) in [5, 5.41) is 3.75. The number of anilines is 1. The third-order valence-corrected chi connectivity index (χ3v) is 8.05. The van der Waals surface area contributed by atoms with Crippen molar-refractivity contribution in [1.82, 2.24) is 15.2 Å². The number of nitrogens with zero attached hydrogens (tertiary/aromatic N) is 3. The minimum Gasteiger partial charge on any atom is -0.379 e. The zero-order chi connectivity index (χ0) is 25.2. The van der Waals surface area contributed by atoms with Gasteiger partial charge in [0.05, 0.1) is 18.1 Å². The molecule has 1 aliphatic carbocycles. The Morgan fingerprint density at radius 3 is 2.63 bits per heavy atom. The minimum atomic E-state index is -4.47. The average molecular weight is 499 g/mol. The highest BCUT2D eigenvalue weighted by Crippen LogP contribution is 2.46. The third-order valence-electron chi connectivity index (χ3n) is 8.05. The molecule has 3 fully saturated rings. The lowest BCUT2D eigenvalue weighted by atomic mass is 9.74. The third kappa shape index (κ3) is 5.59. The van der Waals surface area contributed by atoms with Crippen LogP contribution >= 0.6 is 0 Å². The summed E-state index contributed by atoms with van der Waals surface area (Å²) in [7, 11) is 1.71. The lowest BCUT2D eigenvalue weighted by Gasteiger charge is -2.42. The number of nitrogens with one attached hydrogen (secondary N) is 1. The van der Waals surface area contributed by atoms with E-state index >= 15 is 0 Å². The number of ether oxygens (including phenoxy) is 2. The second-order valence-electron chi connectivity index (χ2n) is 10.3. The number of piperazine rings is 1. The molecule has 2 aliphatic heterocycles. The van der Waals surface area contributed by atoms with Gasteiger partial charge in [-0.15, -0.1) is 0 Å². The lowest BCUT2D eigenvalue weighted by Crippen LogP contribution is -2.55. The van der Waals surface area contributed by atoms with Gasteiger partial charge in [-0.1, -0.05) is 19.9 Å². The maximum absolute atomic E-state index is 13.8. The number of halogens is 3. The number of hydrogen-bond acceptors (Lipinski definition) is 6. The largest absolute Gasteiger partial charge is 0.433 e. The van der Waals surface area contributed by atoms with Crippen molar-refractivity contribution >= 4 is 11.7 Å². The van der Waals surface area contributed by atoms with Crippen LogP contribution in [0.5, 0.6) is 0 Å². The Labute approximate surface area is 205 Å². The van der Waals surface area contributed by atoms with Gasteiger partial charge in [-0.3, -0.25) is 4.79 Å². The van der Waals surface area contributed by atoms with Gasteiger partial charge in [0.2, 0.25) is 5.91 Å². The summed E-state index contributed by atoms with van der Waals surface area (Å²) in [6.07, 6.45) is -1.01. The van der Waals surface area contributed by atoms with E-state index in [1.165, 1.54) is 6.07 Å². The number of aromatic nitrogens is 1. The highest BCUT2D eigenvalue weighted by molar-refractivity contribution is 5.84. The maximum atomic E-state index is 13.8. The standard InChI is InChI=1S/C25H37F3N4O3/c1-17(2)24(9-7-18(15-24)29-19-8-14-35-16-20(19)34-3)23(33)32-12-10-31(11-13-32)22-6-4-5-21(30-22)25(26,27)28/h4-6,17-20,29H,7-16H2,1-3H3/t18-,19?,20-,24?/m1/s1. The van der Waals surface area contributed by atoms with Gasteiger partial charge in [-0.25, -0.2) is 4.98 Å². The second kappa shape index (κ2) is 10.6. The Kier molecular flexibility index (Phi) is 7.92. The Hall–Kier alpha value is -1.91. The highest BCUT2D eigenvalue weighted by Gasteiger charge is 2.50. The van der Waals surface area contributed by atoms with Crippen LogP contribution in [0, 0.1) is 11.3 Å². The van der Waals surface area contributed by atoms with Crippen molar-refractivity contribution in [3.63, 3.8) is 0 Å². The topological polar surface area (TPSA) is 66.9 Å². The van der Waals surface area contributed by atoms with E-state index in [2.05, 4.69) is 24.1 Å². The molecule has 1 N–H and O–H groups in total. The van der Waals surface area contributed by atoms with Crippen LogP contribution in [0.1, 0.15) is 45.2 Å². The zero-order valence-corrected chi connectivity index (χ0v) is 20.8. The quantitative estimate of drug-likeness (QED) is 0.649. The minimum absolute atomic E-state index is 0.0195. The van der Waals surface area contributed by atoms with E-state index in [0.29, 0.717) is 45.2 Å². The summed E-state index contributed by atoms with van der Waals surface area (Å²) in [5.41, 5.74) is -1.32. The van der Waals surface area contributed by atoms with Crippen molar-refractivity contribution < 1.29 is 27.4 Å². The molecule has 3 aliphatic rings. The van der Waals surface area contributed by atoms with E-state index in [1.54, 1.807) is 13.2 Å². The van der Waals surface area contributed by atoms with Crippen LogP contribution in [0.15, 0.2) is 18.2 Å². The van der Waals surface area contributed by atoms with Gasteiger partial charge in [0.25, 0.3) is 0 Å². The predicted octanol–water partition coefficient (Wildman–Crippen LogP) is 3.34. The molecule has 1 saturated carbocycles. The van der Waals surface area contributed by atoms with Crippen LogP contribution in [0.4, 0.5) is 19.0 Å². The number of hydrogen-bond donors (Lipinski definition) is 1. The molecule has 1 aromatic heterocycles. The summed E-state index contributed by atoms with van der Waals surface area (Å²) in [4.78, 5) is 21.4. The first-order chi connectivity index (χ1) is 16.6. The van der Waals surface area contributed by atoms with Gasteiger partial charge in [-0.2, -0.15) is 13.2 Å². The maximum Gasteiger partial charge on any atom is 0.433 e. The average Bonchev–Trinajstić information content (AvgIpc) is 3.29. The molecule has 2 saturated heterocycles. The molecule has 1 aromatic rings. The van der Waals surface area contributed by atoms with Crippen molar-refractivity contribution in [3.05, 3.63) is 23.9 Å². The van der Waals surface area contributed by atoms with Crippen molar-refractivity contribution in [3.8, 4) is 0 Å². The molecule has 196 valence electrons. The number of methoxy groups -OCH3 is 1. The van der Waals surface area contributed by atoms with Crippen LogP contribution in [0.2, 0.25) is 0 Å². The van der Waals surface area contributed by atoms with Gasteiger partial charge >= 0.3 is 6.18 Å². The molecular weight excluding hydrogens is 461 g/mol. The number of rotatable bonds is 6. The fourth-order valence-electron chi connectivity index (χ4n) is 5.83. The monoisotopic (exact) mass is 498 g/mol. The van der Waals surface area contributed by atoms with Gasteiger partial charge in [-0.05, 0) is 43.7 Å². The van der Waals surface area contributed by atoms with E-state index in [9.17, 15) is 18.0 Å². The summed E-state index contributed by atoms with van der Waals surface area (Å²) in [6, 6.07) is 4.43. The smallest absolute Gasteiger partial charge is 0.379 e. The molecule has 2 unspecified atom stereocenters. The molecule has 35 heavy (non-hydrogen) atoms. The fraction of sp³-hybridized carbons (Fsp3) is 0.760. The van der Waals surface area contributed by atoms with E-state index in [4.69, 9.17) is 9.47 Å². The first-order valence-corrected chi connectivity index (χ1v) is 12.6. The molecule has 0 bridgehead atoms. The van der Waals surface area contributed by atoms with Gasteiger partial charge in [0, 0.05) is 52.0 Å². The molecule has 4 rings (SSSR count). The van der Waals surface area contributed by atoms with Crippen LogP contribution in [0.25, 0.3) is 0 Å². The first-order valence-electron chi connectivity index (χ1n) is 12.6. The van der Waals surface area contributed by atoms with Crippen LogP contribution in [-0.4, -0.2) is 80.5 Å². The SMILES string of the molecule is CO[C@@H]1COCCC1N[C@@H]1CCC(C(=O)N2CCN(c3cccc(C(F)(F)F)n3)CC2)(C(C)C)C1. The lowest BCUT2D eigenvalue weighted by molar-refractivity contribution is -0.145. The van der Waals surface area contributed by atoms with Gasteiger partial charge in [0.15, 0.2) is 0 Å². The van der Waals surface area contributed by atoms with Crippen LogP contribution in [0.3, 0.4) is 0 Å². The number of carbonyl (C=O) groups excluding carboxylic acids is 1. The van der Waals surface area contributed by atoms with Crippen LogP contribution < -0.4 is 10.2 Å². The molecule has 1 amide bonds. The summed E-state index contributed by atoms with van der Waals surface area (Å²) in [5.74, 6) is 0.668. The highest BCUT2D eigenvalue weighted by atomic mass is 19.4. The molecule has 4 atom stereocenters. The number of pyridine rings is 1. The van der Waals surface area contributed by atoms with E-state index in [1.807, 2.05) is 9.80 Å². The Morgan fingerprint density at radius 1 is 1.23 bits per heavy atom. The van der Waals surface area contributed by atoms with E-state index < -0.39 is 17.3 Å². The Bertz CT molecular complexity index is 876. The van der Waals surface area contributed by atoms with Crippen molar-refractivity contribution in [2.45, 2.75) is 63.9 Å². The predicted molar refractivity (Wildman–Crippen MR) is 126 cm³/mol. The summed E-state index contributed by atoms with van der Waals surface area (Å²) < 4.78 is 50.3. The van der Waals surface area contributed by atoms with Crippen molar-refractivity contribution in [2.24, 2.45) is 11.3 Å². The van der Waals surface area contributed by atoms with E-state index in [-0.39, 0.29) is 30.0 Å². The van der Waals surface area contributed by atoms with Gasteiger partial charge in [0.1, 0.15) is 11.5 Å². The molecule has 10 heteroatoms. The molecule has 3 heterocycles. The molecular formula is C25H37F3N4O3. The number of alkyl halides is 3.